The number of aryl methyl sites for hydroxylation is 1. The zero-order valence-corrected chi connectivity index (χ0v) is 8.99. The molecule has 15 heavy (non-hydrogen) atoms. The molecule has 0 saturated carbocycles. The van der Waals surface area contributed by atoms with Crippen LogP contribution in [0.15, 0.2) is 39.6 Å². The lowest BCUT2D eigenvalue weighted by molar-refractivity contribution is 0.414. The highest BCUT2D eigenvalue weighted by Gasteiger charge is 2.13. The standard InChI is InChI=1S/C12H15NO2/c1-9-3-4-12(15-9)11(13-2)7-10-5-6-14-8-10/h3-6,8,11,13H,7H2,1-2H3. The van der Waals surface area contributed by atoms with Crippen molar-refractivity contribution in [3.8, 4) is 0 Å². The van der Waals surface area contributed by atoms with Crippen molar-refractivity contribution in [2.75, 3.05) is 7.05 Å². The van der Waals surface area contributed by atoms with Gasteiger partial charge in [-0.05, 0) is 44.2 Å². The fourth-order valence-electron chi connectivity index (χ4n) is 1.63. The van der Waals surface area contributed by atoms with Gasteiger partial charge in [0.2, 0.25) is 0 Å². The molecule has 0 saturated heterocycles. The number of furan rings is 2. The molecular formula is C12H15NO2. The van der Waals surface area contributed by atoms with Crippen LogP contribution in [0.2, 0.25) is 0 Å². The van der Waals surface area contributed by atoms with Crippen molar-refractivity contribution < 1.29 is 8.83 Å². The molecule has 1 N–H and O–H groups in total. The minimum atomic E-state index is 0.205. The predicted octanol–water partition coefficient (Wildman–Crippen LogP) is 2.68. The summed E-state index contributed by atoms with van der Waals surface area (Å²) in [5.74, 6) is 1.91. The first kappa shape index (κ1) is 10.1. The molecule has 3 heteroatoms. The highest BCUT2D eigenvalue weighted by atomic mass is 16.3. The molecule has 1 atom stereocenters. The third kappa shape index (κ3) is 2.30. The van der Waals surface area contributed by atoms with Crippen LogP contribution in [0.5, 0.6) is 0 Å². The third-order valence-corrected chi connectivity index (χ3v) is 2.47. The van der Waals surface area contributed by atoms with Crippen molar-refractivity contribution in [2.45, 2.75) is 19.4 Å². The van der Waals surface area contributed by atoms with Gasteiger partial charge in [0.1, 0.15) is 11.5 Å². The number of likely N-dealkylation sites (N-methyl/N-ethyl adjacent to an activating group) is 1. The lowest BCUT2D eigenvalue weighted by Gasteiger charge is -2.11. The molecule has 0 spiro atoms. The Bertz CT molecular complexity index is 403. The monoisotopic (exact) mass is 205 g/mol. The molecule has 0 bridgehead atoms. The zero-order valence-electron chi connectivity index (χ0n) is 8.99. The summed E-state index contributed by atoms with van der Waals surface area (Å²) in [6.45, 7) is 1.95. The van der Waals surface area contributed by atoms with E-state index in [1.807, 2.05) is 32.2 Å². The molecule has 2 aromatic rings. The van der Waals surface area contributed by atoms with Gasteiger partial charge in [-0.3, -0.25) is 0 Å². The number of nitrogens with one attached hydrogen (secondary N) is 1. The van der Waals surface area contributed by atoms with Crippen molar-refractivity contribution >= 4 is 0 Å². The van der Waals surface area contributed by atoms with E-state index >= 15 is 0 Å². The molecule has 2 aromatic heterocycles. The molecule has 0 amide bonds. The van der Waals surface area contributed by atoms with Gasteiger partial charge < -0.3 is 14.2 Å². The van der Waals surface area contributed by atoms with E-state index in [0.717, 1.165) is 17.9 Å². The molecule has 1 unspecified atom stereocenters. The number of hydrogen-bond donors (Lipinski definition) is 1. The van der Waals surface area contributed by atoms with Crippen LogP contribution < -0.4 is 5.32 Å². The Morgan fingerprint density at radius 2 is 2.20 bits per heavy atom. The van der Waals surface area contributed by atoms with E-state index in [0.29, 0.717) is 0 Å². The van der Waals surface area contributed by atoms with Crippen molar-refractivity contribution in [3.05, 3.63) is 47.8 Å². The van der Waals surface area contributed by atoms with E-state index in [1.165, 1.54) is 5.56 Å². The molecule has 0 aliphatic carbocycles. The van der Waals surface area contributed by atoms with Crippen molar-refractivity contribution in [2.24, 2.45) is 0 Å². The summed E-state index contributed by atoms with van der Waals surface area (Å²) in [6, 6.07) is 6.17. The van der Waals surface area contributed by atoms with Gasteiger partial charge in [0, 0.05) is 0 Å². The fourth-order valence-corrected chi connectivity index (χ4v) is 1.63. The van der Waals surface area contributed by atoms with Gasteiger partial charge in [-0.15, -0.1) is 0 Å². The van der Waals surface area contributed by atoms with Crippen LogP contribution in [0.25, 0.3) is 0 Å². The Labute approximate surface area is 89.1 Å². The van der Waals surface area contributed by atoms with Crippen LogP contribution >= 0.6 is 0 Å². The molecular weight excluding hydrogens is 190 g/mol. The van der Waals surface area contributed by atoms with E-state index in [-0.39, 0.29) is 6.04 Å². The first-order valence-electron chi connectivity index (χ1n) is 5.04. The zero-order chi connectivity index (χ0) is 10.7. The summed E-state index contributed by atoms with van der Waals surface area (Å²) in [6.07, 6.45) is 4.33. The van der Waals surface area contributed by atoms with Crippen LogP contribution in [-0.2, 0) is 6.42 Å². The molecule has 80 valence electrons. The smallest absolute Gasteiger partial charge is 0.121 e. The lowest BCUT2D eigenvalue weighted by Crippen LogP contribution is -2.17. The van der Waals surface area contributed by atoms with Crippen molar-refractivity contribution in [3.63, 3.8) is 0 Å². The van der Waals surface area contributed by atoms with Crippen LogP contribution in [-0.4, -0.2) is 7.05 Å². The number of rotatable bonds is 4. The van der Waals surface area contributed by atoms with Gasteiger partial charge in [0.05, 0.1) is 18.6 Å². The van der Waals surface area contributed by atoms with Crippen molar-refractivity contribution in [1.82, 2.24) is 5.32 Å². The molecule has 0 aliphatic heterocycles. The van der Waals surface area contributed by atoms with E-state index in [2.05, 4.69) is 5.32 Å². The molecule has 0 radical (unpaired) electrons. The molecule has 0 aliphatic rings. The molecule has 0 aromatic carbocycles. The normalized spacial score (nSPS) is 12.9. The van der Waals surface area contributed by atoms with E-state index < -0.39 is 0 Å². The fraction of sp³-hybridized carbons (Fsp3) is 0.333. The average Bonchev–Trinajstić information content (AvgIpc) is 2.85. The Hall–Kier alpha value is -1.48. The molecule has 2 heterocycles. The van der Waals surface area contributed by atoms with Crippen LogP contribution in [0.1, 0.15) is 23.1 Å². The summed E-state index contributed by atoms with van der Waals surface area (Å²) in [4.78, 5) is 0. The van der Waals surface area contributed by atoms with Gasteiger partial charge in [0.25, 0.3) is 0 Å². The summed E-state index contributed by atoms with van der Waals surface area (Å²) < 4.78 is 10.6. The van der Waals surface area contributed by atoms with E-state index in [4.69, 9.17) is 8.83 Å². The van der Waals surface area contributed by atoms with Gasteiger partial charge >= 0.3 is 0 Å². The quantitative estimate of drug-likeness (QED) is 0.834. The predicted molar refractivity (Wildman–Crippen MR) is 57.7 cm³/mol. The molecule has 2 rings (SSSR count). The molecule has 0 fully saturated rings. The highest BCUT2D eigenvalue weighted by Crippen LogP contribution is 2.20. The highest BCUT2D eigenvalue weighted by molar-refractivity contribution is 5.15. The summed E-state index contributed by atoms with van der Waals surface area (Å²) >= 11 is 0. The van der Waals surface area contributed by atoms with Gasteiger partial charge in [-0.25, -0.2) is 0 Å². The summed E-state index contributed by atoms with van der Waals surface area (Å²) in [5.41, 5.74) is 1.17. The van der Waals surface area contributed by atoms with Crippen LogP contribution in [0.3, 0.4) is 0 Å². The lowest BCUT2D eigenvalue weighted by atomic mass is 10.1. The van der Waals surface area contributed by atoms with Crippen molar-refractivity contribution in [1.29, 1.82) is 0 Å². The number of hydrogen-bond acceptors (Lipinski definition) is 3. The first-order valence-corrected chi connectivity index (χ1v) is 5.04. The third-order valence-electron chi connectivity index (χ3n) is 2.47. The topological polar surface area (TPSA) is 38.3 Å². The second kappa shape index (κ2) is 4.36. The largest absolute Gasteiger partial charge is 0.472 e. The maximum absolute atomic E-state index is 5.59. The van der Waals surface area contributed by atoms with Gasteiger partial charge in [0.15, 0.2) is 0 Å². The average molecular weight is 205 g/mol. The van der Waals surface area contributed by atoms with Crippen LogP contribution in [0, 0.1) is 6.92 Å². The minimum Gasteiger partial charge on any atom is -0.472 e. The first-order chi connectivity index (χ1) is 7.29. The summed E-state index contributed by atoms with van der Waals surface area (Å²) in [7, 11) is 1.93. The molecule has 3 nitrogen and oxygen atoms in total. The Balaban J connectivity index is 2.11. The summed E-state index contributed by atoms with van der Waals surface area (Å²) in [5, 5.41) is 3.23. The van der Waals surface area contributed by atoms with Gasteiger partial charge in [-0.1, -0.05) is 0 Å². The second-order valence-electron chi connectivity index (χ2n) is 3.63. The second-order valence-corrected chi connectivity index (χ2v) is 3.63. The van der Waals surface area contributed by atoms with Gasteiger partial charge in [-0.2, -0.15) is 0 Å². The Kier molecular flexibility index (Phi) is 2.92. The van der Waals surface area contributed by atoms with E-state index in [1.54, 1.807) is 12.5 Å². The maximum atomic E-state index is 5.59. The Morgan fingerprint density at radius 1 is 1.33 bits per heavy atom. The maximum Gasteiger partial charge on any atom is 0.121 e. The minimum absolute atomic E-state index is 0.205. The Morgan fingerprint density at radius 3 is 2.73 bits per heavy atom. The van der Waals surface area contributed by atoms with E-state index in [9.17, 15) is 0 Å². The van der Waals surface area contributed by atoms with Crippen LogP contribution in [0.4, 0.5) is 0 Å². The SMILES string of the molecule is CNC(Cc1ccoc1)c1ccc(C)o1.